The van der Waals surface area contributed by atoms with E-state index in [2.05, 4.69) is 40.8 Å². The Bertz CT molecular complexity index is 257. The van der Waals surface area contributed by atoms with E-state index in [1.165, 1.54) is 12.8 Å². The lowest BCUT2D eigenvalue weighted by atomic mass is 10.1. The van der Waals surface area contributed by atoms with E-state index in [-0.39, 0.29) is 17.7 Å². The van der Waals surface area contributed by atoms with Crippen molar-refractivity contribution in [3.63, 3.8) is 0 Å². The van der Waals surface area contributed by atoms with Crippen molar-refractivity contribution in [3.05, 3.63) is 12.2 Å². The third-order valence-corrected chi connectivity index (χ3v) is 7.86. The van der Waals surface area contributed by atoms with Crippen LogP contribution in [0.5, 0.6) is 0 Å². The Labute approximate surface area is 120 Å². The molecule has 0 saturated carbocycles. The van der Waals surface area contributed by atoms with Gasteiger partial charge in [-0.15, -0.1) is 0 Å². The van der Waals surface area contributed by atoms with E-state index in [0.717, 1.165) is 12.8 Å². The van der Waals surface area contributed by atoms with Gasteiger partial charge in [-0.3, -0.25) is 4.58 Å². The molecule has 0 aromatic rings. The first-order valence-electron chi connectivity index (χ1n) is 7.36. The van der Waals surface area contributed by atoms with Crippen LogP contribution in [0.1, 0.15) is 53.4 Å². The summed E-state index contributed by atoms with van der Waals surface area (Å²) in [5.74, 6) is 0. The fourth-order valence-electron chi connectivity index (χ4n) is 1.29. The van der Waals surface area contributed by atoms with Gasteiger partial charge in [0.1, 0.15) is 6.10 Å². The summed E-state index contributed by atoms with van der Waals surface area (Å²) in [6.07, 6.45) is 8.05. The molecule has 1 N–H and O–H groups in total. The second-order valence-corrected chi connectivity index (χ2v) is 11.3. The number of unbranched alkanes of at least 4 members (excludes halogenated alkanes) is 2. The minimum atomic E-state index is -1.87. The van der Waals surface area contributed by atoms with Crippen LogP contribution in [0.15, 0.2) is 12.2 Å². The Balaban J connectivity index is 4.36. The summed E-state index contributed by atoms with van der Waals surface area (Å²) in [6.45, 7) is 13.2. The summed E-state index contributed by atoms with van der Waals surface area (Å²) in [6, 6.07) is 0. The number of rotatable bonds is 9. The first-order valence-corrected chi connectivity index (χ1v) is 10.3. The normalized spacial score (nSPS) is 15.1. The van der Waals surface area contributed by atoms with Gasteiger partial charge in [0.05, 0.1) is 6.61 Å². The molecule has 3 nitrogen and oxygen atoms in total. The van der Waals surface area contributed by atoms with Gasteiger partial charge in [-0.05, 0) is 24.6 Å². The van der Waals surface area contributed by atoms with Crippen LogP contribution in [-0.2, 0) is 9.46 Å². The van der Waals surface area contributed by atoms with Crippen molar-refractivity contribution in [2.24, 2.45) is 0 Å². The van der Waals surface area contributed by atoms with Crippen LogP contribution in [0, 0.1) is 0 Å². The van der Waals surface area contributed by atoms with Gasteiger partial charge in [-0.2, -0.15) is 0 Å². The molecular formula is C15H32O3Si. The molecule has 0 spiro atoms. The van der Waals surface area contributed by atoms with Crippen LogP contribution >= 0.6 is 0 Å². The number of hydrogen-bond donors (Lipinski definition) is 1. The standard InChI is InChI=1S/C15H32O3Si/c1-7-8-9-11-14(12-10-13-16)17-18-19(5,6)15(2,3)4/h10,12,14,16H,7-9,11,13H2,1-6H3. The third-order valence-electron chi connectivity index (χ3n) is 3.73. The molecule has 19 heavy (non-hydrogen) atoms. The lowest BCUT2D eigenvalue weighted by Crippen LogP contribution is -2.41. The predicted octanol–water partition coefficient (Wildman–Crippen LogP) is 4.44. The summed E-state index contributed by atoms with van der Waals surface area (Å²) in [4.78, 5) is 5.65. The zero-order valence-corrected chi connectivity index (χ0v) is 14.5. The molecule has 0 heterocycles. The van der Waals surface area contributed by atoms with Gasteiger partial charge in [-0.1, -0.05) is 59.1 Å². The van der Waals surface area contributed by atoms with Crippen molar-refractivity contribution in [3.8, 4) is 0 Å². The second kappa shape index (κ2) is 8.90. The molecule has 0 aromatic heterocycles. The molecule has 0 rings (SSSR count). The minimum absolute atomic E-state index is 0.0483. The average Bonchev–Trinajstić information content (AvgIpc) is 2.30. The second-order valence-electron chi connectivity index (χ2n) is 6.58. The van der Waals surface area contributed by atoms with Gasteiger partial charge in [0, 0.05) is 0 Å². The lowest BCUT2D eigenvalue weighted by Gasteiger charge is -2.35. The van der Waals surface area contributed by atoms with Crippen LogP contribution in [0.3, 0.4) is 0 Å². The van der Waals surface area contributed by atoms with Gasteiger partial charge >= 0.3 is 0 Å². The predicted molar refractivity (Wildman–Crippen MR) is 83.5 cm³/mol. The number of aliphatic hydroxyl groups is 1. The van der Waals surface area contributed by atoms with E-state index < -0.39 is 8.32 Å². The van der Waals surface area contributed by atoms with Crippen LogP contribution in [0.2, 0.25) is 18.1 Å². The smallest absolute Gasteiger partial charge is 0.238 e. The molecule has 0 aliphatic heterocycles. The maximum absolute atomic E-state index is 8.87. The Morgan fingerprint density at radius 1 is 1.21 bits per heavy atom. The fraction of sp³-hybridized carbons (Fsp3) is 0.867. The molecule has 0 radical (unpaired) electrons. The van der Waals surface area contributed by atoms with E-state index in [4.69, 9.17) is 14.6 Å². The Morgan fingerprint density at radius 3 is 2.32 bits per heavy atom. The summed E-state index contributed by atoms with van der Waals surface area (Å²) in [5.41, 5.74) is 0. The van der Waals surface area contributed by atoms with Gasteiger partial charge < -0.3 is 5.11 Å². The molecule has 0 bridgehead atoms. The molecule has 0 aliphatic rings. The van der Waals surface area contributed by atoms with Crippen molar-refractivity contribution in [1.82, 2.24) is 0 Å². The van der Waals surface area contributed by atoms with E-state index in [1.807, 2.05) is 6.08 Å². The highest BCUT2D eigenvalue weighted by atomic mass is 28.4. The molecule has 0 amide bonds. The molecule has 1 atom stereocenters. The molecule has 0 aromatic carbocycles. The number of aliphatic hydroxyl groups excluding tert-OH is 1. The third kappa shape index (κ3) is 7.87. The van der Waals surface area contributed by atoms with Crippen LogP contribution in [0.4, 0.5) is 0 Å². The molecule has 0 aliphatic carbocycles. The van der Waals surface area contributed by atoms with Crippen molar-refractivity contribution in [1.29, 1.82) is 0 Å². The largest absolute Gasteiger partial charge is 0.392 e. The SMILES string of the molecule is CCCCCC(C=CCO)OO[Si](C)(C)C(C)(C)C. The van der Waals surface area contributed by atoms with Crippen molar-refractivity contribution < 1.29 is 14.6 Å². The van der Waals surface area contributed by atoms with Crippen molar-refractivity contribution in [2.75, 3.05) is 6.61 Å². The molecular weight excluding hydrogens is 256 g/mol. The number of hydrogen-bond acceptors (Lipinski definition) is 3. The zero-order valence-electron chi connectivity index (χ0n) is 13.5. The first kappa shape index (κ1) is 18.8. The topological polar surface area (TPSA) is 38.7 Å². The van der Waals surface area contributed by atoms with Gasteiger partial charge in [0.15, 0.2) is 0 Å². The van der Waals surface area contributed by atoms with E-state index in [0.29, 0.717) is 0 Å². The maximum Gasteiger partial charge on any atom is 0.238 e. The van der Waals surface area contributed by atoms with Crippen LogP contribution in [0.25, 0.3) is 0 Å². The Kier molecular flexibility index (Phi) is 8.82. The molecule has 0 saturated heterocycles. The minimum Gasteiger partial charge on any atom is -0.392 e. The summed E-state index contributed by atoms with van der Waals surface area (Å²) < 4.78 is 5.79. The maximum atomic E-state index is 8.87. The first-order chi connectivity index (χ1) is 8.74. The summed E-state index contributed by atoms with van der Waals surface area (Å²) in [7, 11) is -1.87. The van der Waals surface area contributed by atoms with E-state index in [1.54, 1.807) is 6.08 Å². The van der Waals surface area contributed by atoms with E-state index in [9.17, 15) is 0 Å². The summed E-state index contributed by atoms with van der Waals surface area (Å²) >= 11 is 0. The molecule has 0 fully saturated rings. The monoisotopic (exact) mass is 288 g/mol. The van der Waals surface area contributed by atoms with Crippen molar-refractivity contribution in [2.45, 2.75) is 77.6 Å². The molecule has 114 valence electrons. The molecule has 4 heteroatoms. The average molecular weight is 289 g/mol. The quantitative estimate of drug-likeness (QED) is 0.224. The van der Waals surface area contributed by atoms with Crippen LogP contribution in [-0.4, -0.2) is 26.1 Å². The Hall–Kier alpha value is -0.163. The summed E-state index contributed by atoms with van der Waals surface area (Å²) in [5, 5.41) is 9.01. The van der Waals surface area contributed by atoms with Crippen LogP contribution < -0.4 is 0 Å². The highest BCUT2D eigenvalue weighted by Crippen LogP contribution is 2.37. The van der Waals surface area contributed by atoms with E-state index >= 15 is 0 Å². The van der Waals surface area contributed by atoms with Gasteiger partial charge in [0.25, 0.3) is 0 Å². The fourth-order valence-corrected chi connectivity index (χ4v) is 1.91. The highest BCUT2D eigenvalue weighted by Gasteiger charge is 2.39. The molecule has 1 unspecified atom stereocenters. The zero-order chi connectivity index (χ0) is 14.9. The van der Waals surface area contributed by atoms with Crippen molar-refractivity contribution >= 4 is 8.32 Å². The van der Waals surface area contributed by atoms with Gasteiger partial charge in [0.2, 0.25) is 8.32 Å². The Morgan fingerprint density at radius 2 is 1.84 bits per heavy atom. The highest BCUT2D eigenvalue weighted by molar-refractivity contribution is 6.73. The lowest BCUT2D eigenvalue weighted by molar-refractivity contribution is -0.246. The van der Waals surface area contributed by atoms with Gasteiger partial charge in [-0.25, -0.2) is 4.89 Å².